The first-order valence-corrected chi connectivity index (χ1v) is 9.03. The Bertz CT molecular complexity index is 953. The van der Waals surface area contributed by atoms with E-state index in [1.807, 2.05) is 24.3 Å². The number of nitrogens with zero attached hydrogens (tertiary/aromatic N) is 1. The van der Waals surface area contributed by atoms with Crippen molar-refractivity contribution in [2.45, 2.75) is 19.3 Å². The number of amides is 2. The fourth-order valence-electron chi connectivity index (χ4n) is 5.06. The Morgan fingerprint density at radius 3 is 2.36 bits per heavy atom. The molecule has 2 bridgehead atoms. The number of benzene rings is 2. The van der Waals surface area contributed by atoms with E-state index in [0.717, 1.165) is 23.6 Å². The Labute approximate surface area is 149 Å². The van der Waals surface area contributed by atoms with Crippen LogP contribution in [0.25, 0.3) is 10.8 Å². The molecule has 3 saturated carbocycles. The number of fused-ring (bicyclic) bond motifs is 3. The molecule has 0 N–H and O–H groups in total. The number of Topliss-reactive ketones (excluding diaryl/α,β-unsaturated/α-hetero) is 1. The second-order valence-corrected chi connectivity index (χ2v) is 7.70. The van der Waals surface area contributed by atoms with E-state index in [1.54, 1.807) is 12.1 Å². The molecule has 1 saturated heterocycles. The van der Waals surface area contributed by atoms with E-state index < -0.39 is 5.92 Å². The number of halogens is 1. The molecule has 4 unspecified atom stereocenters. The number of hydrogen-bond donors (Lipinski definition) is 0. The standard InChI is InChI=1S/C20H16ClNO3/c21-14-7-8-15(12-4-2-1-3-11(12)14)22-19(24)17-10-5-6-13(16(23)9-10)18(17)20(22)25/h1-4,7-8,10,13,17-18H,5-6,9H2. The van der Waals surface area contributed by atoms with Gasteiger partial charge in [-0.1, -0.05) is 35.9 Å². The smallest absolute Gasteiger partial charge is 0.238 e. The van der Waals surface area contributed by atoms with Crippen molar-refractivity contribution < 1.29 is 14.4 Å². The number of anilines is 1. The summed E-state index contributed by atoms with van der Waals surface area (Å²) >= 11 is 6.27. The first kappa shape index (κ1) is 15.1. The molecule has 0 aromatic heterocycles. The van der Waals surface area contributed by atoms with Gasteiger partial charge in [0, 0.05) is 28.1 Å². The summed E-state index contributed by atoms with van der Waals surface area (Å²) in [5, 5.41) is 2.19. The van der Waals surface area contributed by atoms with E-state index in [1.165, 1.54) is 4.90 Å². The predicted molar refractivity (Wildman–Crippen MR) is 94.3 cm³/mol. The van der Waals surface area contributed by atoms with Crippen molar-refractivity contribution in [3.8, 4) is 0 Å². The van der Waals surface area contributed by atoms with Crippen molar-refractivity contribution in [2.75, 3.05) is 4.90 Å². The highest BCUT2D eigenvalue weighted by Gasteiger charge is 2.61. The van der Waals surface area contributed by atoms with Crippen molar-refractivity contribution in [3.05, 3.63) is 41.4 Å². The lowest BCUT2D eigenvalue weighted by Crippen LogP contribution is -2.46. The van der Waals surface area contributed by atoms with E-state index >= 15 is 0 Å². The Hall–Kier alpha value is -2.20. The van der Waals surface area contributed by atoms with E-state index in [4.69, 9.17) is 11.6 Å². The van der Waals surface area contributed by atoms with E-state index in [0.29, 0.717) is 17.1 Å². The molecule has 2 aromatic rings. The van der Waals surface area contributed by atoms with Crippen LogP contribution in [0.1, 0.15) is 19.3 Å². The average molecular weight is 354 g/mol. The second-order valence-electron chi connectivity index (χ2n) is 7.29. The van der Waals surface area contributed by atoms with E-state index in [-0.39, 0.29) is 35.4 Å². The van der Waals surface area contributed by atoms with Gasteiger partial charge in [0.15, 0.2) is 0 Å². The number of carbonyl (C=O) groups excluding carboxylic acids is 3. The number of carbonyl (C=O) groups is 3. The van der Waals surface area contributed by atoms with Gasteiger partial charge in [0.05, 0.1) is 17.5 Å². The van der Waals surface area contributed by atoms with E-state index in [2.05, 4.69) is 0 Å². The molecule has 1 aliphatic heterocycles. The first-order valence-electron chi connectivity index (χ1n) is 8.65. The normalized spacial score (nSPS) is 31.1. The highest BCUT2D eigenvalue weighted by atomic mass is 35.5. The molecule has 3 aliphatic carbocycles. The Morgan fingerprint density at radius 2 is 1.60 bits per heavy atom. The molecule has 1 heterocycles. The van der Waals surface area contributed by atoms with Crippen LogP contribution in [0.5, 0.6) is 0 Å². The highest BCUT2D eigenvalue weighted by molar-refractivity contribution is 6.37. The second kappa shape index (κ2) is 5.15. The van der Waals surface area contributed by atoms with Crippen LogP contribution in [-0.2, 0) is 14.4 Å². The predicted octanol–water partition coefficient (Wildman–Crippen LogP) is 3.60. The summed E-state index contributed by atoms with van der Waals surface area (Å²) in [6, 6.07) is 11.0. The first-order chi connectivity index (χ1) is 12.1. The minimum atomic E-state index is -0.470. The minimum absolute atomic E-state index is 0.0162. The van der Waals surface area contributed by atoms with Crippen molar-refractivity contribution in [3.63, 3.8) is 0 Å². The monoisotopic (exact) mass is 353 g/mol. The van der Waals surface area contributed by atoms with Gasteiger partial charge in [0.1, 0.15) is 5.78 Å². The van der Waals surface area contributed by atoms with Crippen molar-refractivity contribution in [2.24, 2.45) is 23.7 Å². The maximum atomic E-state index is 13.1. The molecular formula is C20H16ClNO3. The van der Waals surface area contributed by atoms with Crippen LogP contribution < -0.4 is 4.90 Å². The summed E-state index contributed by atoms with van der Waals surface area (Å²) in [6.45, 7) is 0. The van der Waals surface area contributed by atoms with Crippen LogP contribution in [0.4, 0.5) is 5.69 Å². The summed E-state index contributed by atoms with van der Waals surface area (Å²) in [5.74, 6) is -1.28. The van der Waals surface area contributed by atoms with Crippen LogP contribution in [-0.4, -0.2) is 17.6 Å². The summed E-state index contributed by atoms with van der Waals surface area (Å²) in [5.41, 5.74) is 0.580. The highest BCUT2D eigenvalue weighted by Crippen LogP contribution is 2.52. The third-order valence-corrected chi connectivity index (χ3v) is 6.48. The van der Waals surface area contributed by atoms with Crippen LogP contribution >= 0.6 is 11.6 Å². The number of hydrogen-bond acceptors (Lipinski definition) is 3. The van der Waals surface area contributed by atoms with Gasteiger partial charge in [-0.25, -0.2) is 4.90 Å². The van der Waals surface area contributed by atoms with Crippen LogP contribution in [0, 0.1) is 23.7 Å². The minimum Gasteiger partial charge on any atom is -0.299 e. The van der Waals surface area contributed by atoms with Gasteiger partial charge < -0.3 is 0 Å². The topological polar surface area (TPSA) is 54.5 Å². The molecule has 25 heavy (non-hydrogen) atoms. The van der Waals surface area contributed by atoms with Gasteiger partial charge in [0.25, 0.3) is 0 Å². The van der Waals surface area contributed by atoms with Crippen LogP contribution in [0.15, 0.2) is 36.4 Å². The lowest BCUT2D eigenvalue weighted by Gasteiger charge is -2.41. The van der Waals surface area contributed by atoms with Gasteiger partial charge in [0.2, 0.25) is 11.8 Å². The lowest BCUT2D eigenvalue weighted by molar-refractivity contribution is -0.143. The molecule has 4 aliphatic rings. The van der Waals surface area contributed by atoms with Crippen LogP contribution in [0.3, 0.4) is 0 Å². The zero-order valence-corrected chi connectivity index (χ0v) is 14.2. The molecule has 126 valence electrons. The number of rotatable bonds is 1. The van der Waals surface area contributed by atoms with Gasteiger partial charge in [-0.15, -0.1) is 0 Å². The fourth-order valence-corrected chi connectivity index (χ4v) is 5.29. The Balaban J connectivity index is 1.67. The van der Waals surface area contributed by atoms with Gasteiger partial charge in [-0.05, 0) is 30.9 Å². The third-order valence-electron chi connectivity index (χ3n) is 6.15. The van der Waals surface area contributed by atoms with Gasteiger partial charge in [-0.2, -0.15) is 0 Å². The van der Waals surface area contributed by atoms with Crippen molar-refractivity contribution >= 4 is 45.7 Å². The molecule has 4 atom stereocenters. The maximum Gasteiger partial charge on any atom is 0.238 e. The zero-order chi connectivity index (χ0) is 17.3. The summed E-state index contributed by atoms with van der Waals surface area (Å²) in [4.78, 5) is 39.8. The lowest BCUT2D eigenvalue weighted by atomic mass is 9.59. The molecule has 6 rings (SSSR count). The maximum absolute atomic E-state index is 13.1. The molecular weight excluding hydrogens is 338 g/mol. The van der Waals surface area contributed by atoms with Crippen LogP contribution in [0.2, 0.25) is 5.02 Å². The average Bonchev–Trinajstić information content (AvgIpc) is 2.89. The SMILES string of the molecule is O=C1CC2CCC1C1C(=O)N(c3ccc(Cl)c4ccccc34)C(=O)C21. The molecule has 4 nitrogen and oxygen atoms in total. The molecule has 0 radical (unpaired) electrons. The largest absolute Gasteiger partial charge is 0.299 e. The van der Waals surface area contributed by atoms with Crippen molar-refractivity contribution in [1.29, 1.82) is 0 Å². The summed E-state index contributed by atoms with van der Waals surface area (Å²) in [6.07, 6.45) is 2.05. The molecule has 2 aromatic carbocycles. The van der Waals surface area contributed by atoms with Gasteiger partial charge >= 0.3 is 0 Å². The summed E-state index contributed by atoms with van der Waals surface area (Å²) in [7, 11) is 0. The van der Waals surface area contributed by atoms with E-state index in [9.17, 15) is 14.4 Å². The Morgan fingerprint density at radius 1 is 0.880 bits per heavy atom. The fraction of sp³-hybridized carbons (Fsp3) is 0.350. The summed E-state index contributed by atoms with van der Waals surface area (Å²) < 4.78 is 0. The number of ketones is 1. The quantitative estimate of drug-likeness (QED) is 0.736. The molecule has 5 heteroatoms. The number of imide groups is 1. The van der Waals surface area contributed by atoms with Crippen molar-refractivity contribution in [1.82, 2.24) is 0 Å². The Kier molecular flexibility index (Phi) is 3.11. The molecule has 0 spiro atoms. The third kappa shape index (κ3) is 1.92. The molecule has 2 amide bonds. The van der Waals surface area contributed by atoms with Gasteiger partial charge in [-0.3, -0.25) is 14.4 Å². The molecule has 4 fully saturated rings. The zero-order valence-electron chi connectivity index (χ0n) is 13.4.